The Balaban J connectivity index is 0.000000535. The van der Waals surface area contributed by atoms with Gasteiger partial charge in [-0.3, -0.25) is 9.29 Å². The number of nitrogens with zero attached hydrogens (tertiary/aromatic N) is 3. The van der Waals surface area contributed by atoms with Gasteiger partial charge in [-0.05, 0) is 49.1 Å². The van der Waals surface area contributed by atoms with E-state index in [0.717, 1.165) is 27.1 Å². The number of aliphatic hydroxyl groups is 1. The second kappa shape index (κ2) is 15.5. The van der Waals surface area contributed by atoms with E-state index in [9.17, 15) is 18.4 Å². The molecule has 1 aliphatic rings. The molecule has 5 rings (SSSR count). The zero-order valence-corrected chi connectivity index (χ0v) is 24.9. The van der Waals surface area contributed by atoms with Crippen LogP contribution in [-0.2, 0) is 13.0 Å². The van der Waals surface area contributed by atoms with Gasteiger partial charge >= 0.3 is 0 Å². The summed E-state index contributed by atoms with van der Waals surface area (Å²) in [7, 11) is 1.62. The lowest BCUT2D eigenvalue weighted by Crippen LogP contribution is -2.45. The van der Waals surface area contributed by atoms with Crippen molar-refractivity contribution in [1.82, 2.24) is 14.9 Å². The number of hydroxylamine groups is 2. The van der Waals surface area contributed by atoms with Crippen LogP contribution in [0.25, 0.3) is 10.9 Å². The minimum Gasteiger partial charge on any atom is -0.392 e. The smallest absolute Gasteiger partial charge is 0.251 e. The Morgan fingerprint density at radius 2 is 1.66 bits per heavy atom. The number of hydrogen-bond acceptors (Lipinski definition) is 5. The van der Waals surface area contributed by atoms with E-state index in [1.807, 2.05) is 54.6 Å². The molecule has 0 aliphatic carbocycles. The monoisotopic (exact) mass is 620 g/mol. The maximum Gasteiger partial charge on any atom is 0.251 e. The highest BCUT2D eigenvalue weighted by atomic mass is 19.3. The number of aliphatic hydroxyl groups excluding tert-OH is 1. The van der Waals surface area contributed by atoms with Gasteiger partial charge in [0.05, 0.1) is 25.9 Å². The lowest BCUT2D eigenvalue weighted by atomic mass is 9.88. The fourth-order valence-corrected chi connectivity index (χ4v) is 5.65. The molecule has 0 unspecified atom stereocenters. The minimum absolute atomic E-state index is 0. The minimum atomic E-state index is -2.67. The third-order valence-corrected chi connectivity index (χ3v) is 7.91. The highest BCUT2D eigenvalue weighted by Crippen LogP contribution is 2.43. The standard InChI is InChI=1S/C26H31F5N4O.C7H8O.H2/c1-16-12-19-18-6-3-4-7-22(18)32-25(19)26(35(16)15-23(30)31)24-20(28)13-17(14-21(24)29)33(2)10-11-34(36)9-5-8-27;8-6-7-4-2-1-3-5-7;/h3-4,6-7,13-14,16,23,26,32,36H,5,8-12,15H2,1-2H3;1-5,8H,6H2;1H/t16-,26-;;/m1../s1. The van der Waals surface area contributed by atoms with Crippen molar-refractivity contribution in [3.8, 4) is 0 Å². The van der Waals surface area contributed by atoms with Crippen LogP contribution in [0.3, 0.4) is 0 Å². The zero-order valence-electron chi connectivity index (χ0n) is 24.9. The van der Waals surface area contributed by atoms with Crippen molar-refractivity contribution in [2.24, 2.45) is 0 Å². The van der Waals surface area contributed by atoms with E-state index in [0.29, 0.717) is 12.1 Å². The van der Waals surface area contributed by atoms with Crippen molar-refractivity contribution in [3.05, 3.63) is 101 Å². The Morgan fingerprint density at radius 1 is 1.00 bits per heavy atom. The van der Waals surface area contributed by atoms with Gasteiger partial charge in [-0.1, -0.05) is 48.5 Å². The highest BCUT2D eigenvalue weighted by Gasteiger charge is 2.39. The number of anilines is 1. The Hall–Kier alpha value is -3.51. The van der Waals surface area contributed by atoms with Gasteiger partial charge in [-0.2, -0.15) is 5.06 Å². The number of nitrogens with one attached hydrogen (secondary N) is 1. The molecule has 3 aromatic carbocycles. The van der Waals surface area contributed by atoms with Crippen LogP contribution in [-0.4, -0.2) is 77.6 Å². The summed E-state index contributed by atoms with van der Waals surface area (Å²) in [5, 5.41) is 20.2. The molecule has 0 spiro atoms. The Bertz CT molecular complexity index is 1470. The lowest BCUT2D eigenvalue weighted by molar-refractivity contribution is -0.0892. The summed E-state index contributed by atoms with van der Waals surface area (Å²) >= 11 is 0. The quantitative estimate of drug-likeness (QED) is 0.125. The normalized spacial score (nSPS) is 16.7. The van der Waals surface area contributed by atoms with Gasteiger partial charge < -0.3 is 20.2 Å². The number of benzene rings is 3. The number of alkyl halides is 3. The molecule has 44 heavy (non-hydrogen) atoms. The average molecular weight is 621 g/mol. The molecule has 0 saturated carbocycles. The van der Waals surface area contributed by atoms with E-state index < -0.39 is 37.3 Å². The van der Waals surface area contributed by atoms with Gasteiger partial charge in [0, 0.05) is 62.0 Å². The number of H-pyrrole nitrogens is 1. The fourth-order valence-electron chi connectivity index (χ4n) is 5.65. The van der Waals surface area contributed by atoms with Crippen LogP contribution < -0.4 is 4.90 Å². The number of aromatic nitrogens is 1. The van der Waals surface area contributed by atoms with E-state index in [4.69, 9.17) is 5.11 Å². The molecule has 3 N–H and O–H groups in total. The predicted octanol–water partition coefficient (Wildman–Crippen LogP) is 6.96. The number of halogens is 5. The second-order valence-corrected chi connectivity index (χ2v) is 11.0. The van der Waals surface area contributed by atoms with Crippen LogP contribution in [0.5, 0.6) is 0 Å². The Morgan fingerprint density at radius 3 is 2.27 bits per heavy atom. The summed E-state index contributed by atoms with van der Waals surface area (Å²) in [5.41, 5.74) is 3.12. The topological polar surface area (TPSA) is 66.0 Å². The molecule has 240 valence electrons. The van der Waals surface area contributed by atoms with Crippen molar-refractivity contribution in [2.45, 2.75) is 44.9 Å². The molecule has 4 aromatic rings. The first kappa shape index (κ1) is 33.4. The largest absolute Gasteiger partial charge is 0.392 e. The van der Waals surface area contributed by atoms with E-state index in [2.05, 4.69) is 4.98 Å². The van der Waals surface area contributed by atoms with E-state index in [1.165, 1.54) is 17.0 Å². The molecule has 0 radical (unpaired) electrons. The highest BCUT2D eigenvalue weighted by molar-refractivity contribution is 5.85. The summed E-state index contributed by atoms with van der Waals surface area (Å²) in [6.45, 7) is 1.31. The van der Waals surface area contributed by atoms with Crippen molar-refractivity contribution < 1.29 is 33.7 Å². The third kappa shape index (κ3) is 7.95. The SMILES string of the molecule is C[C@@H]1Cc2c([nH]c3ccccc23)[C@@H](c2c(F)cc(N(C)CCN(O)CCCF)cc2F)N1CC(F)F.OCc1ccccc1.[HH]. The third-order valence-electron chi connectivity index (χ3n) is 7.91. The first-order valence-corrected chi connectivity index (χ1v) is 14.6. The Labute approximate surface area is 255 Å². The molecule has 0 bridgehead atoms. The molecular weight excluding hydrogens is 579 g/mol. The van der Waals surface area contributed by atoms with E-state index in [1.54, 1.807) is 18.9 Å². The summed E-state index contributed by atoms with van der Waals surface area (Å²) in [6, 6.07) is 18.0. The number of fused-ring (bicyclic) bond motifs is 3. The first-order valence-electron chi connectivity index (χ1n) is 14.6. The van der Waals surface area contributed by atoms with Gasteiger partial charge in [0.2, 0.25) is 0 Å². The molecule has 6 nitrogen and oxygen atoms in total. The number of likely N-dealkylation sites (N-methyl/N-ethyl adjacent to an activating group) is 1. The van der Waals surface area contributed by atoms with Crippen molar-refractivity contribution >= 4 is 16.6 Å². The van der Waals surface area contributed by atoms with Crippen molar-refractivity contribution in [1.29, 1.82) is 0 Å². The van der Waals surface area contributed by atoms with Crippen LogP contribution in [0.15, 0.2) is 66.7 Å². The van der Waals surface area contributed by atoms with Crippen LogP contribution in [0, 0.1) is 11.6 Å². The van der Waals surface area contributed by atoms with Gasteiger partial charge in [0.1, 0.15) is 11.6 Å². The molecule has 2 heterocycles. The molecule has 0 fully saturated rings. The summed E-state index contributed by atoms with van der Waals surface area (Å²) < 4.78 is 70.7. The zero-order chi connectivity index (χ0) is 31.8. The number of rotatable bonds is 11. The number of para-hydroxylation sites is 1. The number of hydrogen-bond donors (Lipinski definition) is 3. The van der Waals surface area contributed by atoms with Crippen molar-refractivity contribution in [3.63, 3.8) is 0 Å². The summed E-state index contributed by atoms with van der Waals surface area (Å²) in [5.74, 6) is -1.67. The maximum atomic E-state index is 15.6. The Kier molecular flexibility index (Phi) is 11.7. The summed E-state index contributed by atoms with van der Waals surface area (Å²) in [4.78, 5) is 6.27. The van der Waals surface area contributed by atoms with Crippen molar-refractivity contribution in [2.75, 3.05) is 44.8 Å². The molecular formula is C33H41F5N4O2. The lowest BCUT2D eigenvalue weighted by Gasteiger charge is -2.41. The van der Waals surface area contributed by atoms with Crippen LogP contribution in [0.4, 0.5) is 27.6 Å². The number of aromatic amines is 1. The van der Waals surface area contributed by atoms with Gasteiger partial charge in [-0.25, -0.2) is 17.6 Å². The van der Waals surface area contributed by atoms with E-state index >= 15 is 8.78 Å². The average Bonchev–Trinajstić information content (AvgIpc) is 3.38. The van der Waals surface area contributed by atoms with Crippen LogP contribution in [0.1, 0.15) is 43.2 Å². The molecule has 1 aromatic heterocycles. The molecule has 0 saturated heterocycles. The van der Waals surface area contributed by atoms with Crippen LogP contribution in [0.2, 0.25) is 0 Å². The fraction of sp³-hybridized carbons (Fsp3) is 0.394. The molecule has 1 aliphatic heterocycles. The van der Waals surface area contributed by atoms with Gasteiger partial charge in [-0.15, -0.1) is 0 Å². The molecule has 11 heteroatoms. The van der Waals surface area contributed by atoms with E-state index in [-0.39, 0.29) is 51.4 Å². The summed E-state index contributed by atoms with van der Waals surface area (Å²) in [6.07, 6.45) is -2.01. The predicted molar refractivity (Wildman–Crippen MR) is 164 cm³/mol. The maximum absolute atomic E-state index is 15.6. The first-order chi connectivity index (χ1) is 21.1. The van der Waals surface area contributed by atoms with Crippen LogP contribution >= 0.6 is 0 Å². The van der Waals surface area contributed by atoms with Gasteiger partial charge in [0.15, 0.2) is 0 Å². The second-order valence-electron chi connectivity index (χ2n) is 11.0. The van der Waals surface area contributed by atoms with Gasteiger partial charge in [0.25, 0.3) is 6.43 Å². The molecule has 2 atom stereocenters. The molecule has 0 amide bonds.